The van der Waals surface area contributed by atoms with Crippen LogP contribution >= 0.6 is 0 Å². The SMILES string of the molecule is O=C1/C=C\C=C/CC2=C1/C=C\C=C/C=C2. The van der Waals surface area contributed by atoms with Crippen LogP contribution in [0.15, 0.2) is 71.9 Å². The summed E-state index contributed by atoms with van der Waals surface area (Å²) in [6, 6.07) is 0. The largest absolute Gasteiger partial charge is 0.289 e. The smallest absolute Gasteiger partial charge is 0.186 e. The summed E-state index contributed by atoms with van der Waals surface area (Å²) in [6.07, 6.45) is 19.8. The second kappa shape index (κ2) is 4.56. The number of allylic oxidation sites excluding steroid dienone is 12. The van der Waals surface area contributed by atoms with Gasteiger partial charge in [-0.1, -0.05) is 54.7 Å². The molecule has 0 aliphatic heterocycles. The van der Waals surface area contributed by atoms with Gasteiger partial charge in [-0.25, -0.2) is 0 Å². The number of carbonyl (C=O) groups is 1. The van der Waals surface area contributed by atoms with Gasteiger partial charge >= 0.3 is 0 Å². The minimum absolute atomic E-state index is 0.0746. The minimum atomic E-state index is 0.0746. The first-order valence-corrected chi connectivity index (χ1v) is 5.00. The van der Waals surface area contributed by atoms with E-state index >= 15 is 0 Å². The molecule has 0 radical (unpaired) electrons. The van der Waals surface area contributed by atoms with Crippen molar-refractivity contribution in [1.29, 1.82) is 0 Å². The van der Waals surface area contributed by atoms with Crippen molar-refractivity contribution in [2.75, 3.05) is 0 Å². The van der Waals surface area contributed by atoms with E-state index in [2.05, 4.69) is 6.08 Å². The molecule has 0 aromatic carbocycles. The van der Waals surface area contributed by atoms with Crippen molar-refractivity contribution in [2.24, 2.45) is 0 Å². The summed E-state index contributed by atoms with van der Waals surface area (Å²) in [5, 5.41) is 0. The van der Waals surface area contributed by atoms with Gasteiger partial charge in [0, 0.05) is 5.57 Å². The fraction of sp³-hybridized carbons (Fsp3) is 0.0714. The summed E-state index contributed by atoms with van der Waals surface area (Å²) in [5.41, 5.74) is 1.86. The Morgan fingerprint density at radius 1 is 0.800 bits per heavy atom. The van der Waals surface area contributed by atoms with Crippen LogP contribution in [0.4, 0.5) is 0 Å². The normalized spacial score (nSPS) is 28.1. The van der Waals surface area contributed by atoms with Gasteiger partial charge in [-0.2, -0.15) is 0 Å². The summed E-state index contributed by atoms with van der Waals surface area (Å²) < 4.78 is 0. The number of rotatable bonds is 0. The van der Waals surface area contributed by atoms with Crippen LogP contribution in [0.1, 0.15) is 6.42 Å². The van der Waals surface area contributed by atoms with Crippen molar-refractivity contribution in [1.82, 2.24) is 0 Å². The van der Waals surface area contributed by atoms with Gasteiger partial charge in [0.2, 0.25) is 0 Å². The molecular formula is C14H12O. The minimum Gasteiger partial charge on any atom is -0.289 e. The molecule has 2 aliphatic rings. The maximum absolute atomic E-state index is 11.8. The van der Waals surface area contributed by atoms with E-state index < -0.39 is 0 Å². The van der Waals surface area contributed by atoms with Gasteiger partial charge < -0.3 is 0 Å². The molecule has 0 aromatic heterocycles. The summed E-state index contributed by atoms with van der Waals surface area (Å²) in [4.78, 5) is 11.8. The van der Waals surface area contributed by atoms with Gasteiger partial charge in [0.15, 0.2) is 5.78 Å². The molecule has 2 aliphatic carbocycles. The first-order chi connectivity index (χ1) is 7.38. The molecule has 74 valence electrons. The molecule has 0 fully saturated rings. The van der Waals surface area contributed by atoms with E-state index in [1.165, 1.54) is 0 Å². The Labute approximate surface area is 89.5 Å². The third kappa shape index (κ3) is 2.32. The lowest BCUT2D eigenvalue weighted by Crippen LogP contribution is -2.01. The molecule has 0 unspecified atom stereocenters. The van der Waals surface area contributed by atoms with Crippen LogP contribution in [0.2, 0.25) is 0 Å². The molecule has 0 atom stereocenters. The average molecular weight is 196 g/mol. The maximum Gasteiger partial charge on any atom is 0.186 e. The Kier molecular flexibility index (Phi) is 2.93. The van der Waals surface area contributed by atoms with Crippen molar-refractivity contribution in [3.8, 4) is 0 Å². The van der Waals surface area contributed by atoms with Crippen LogP contribution in [0.5, 0.6) is 0 Å². The number of ketones is 1. The highest BCUT2D eigenvalue weighted by Gasteiger charge is 2.08. The summed E-state index contributed by atoms with van der Waals surface area (Å²) in [5.74, 6) is 0.0746. The van der Waals surface area contributed by atoms with Crippen LogP contribution in [0.3, 0.4) is 0 Å². The second-order valence-electron chi connectivity index (χ2n) is 3.40. The zero-order valence-corrected chi connectivity index (χ0v) is 8.39. The fourth-order valence-electron chi connectivity index (χ4n) is 1.57. The Morgan fingerprint density at radius 2 is 1.53 bits per heavy atom. The van der Waals surface area contributed by atoms with Crippen molar-refractivity contribution in [2.45, 2.75) is 6.42 Å². The topological polar surface area (TPSA) is 17.1 Å². The van der Waals surface area contributed by atoms with Crippen molar-refractivity contribution in [3.05, 3.63) is 71.9 Å². The average Bonchev–Trinajstić information content (AvgIpc) is 2.18. The van der Waals surface area contributed by atoms with Crippen LogP contribution in [0, 0.1) is 0 Å². The molecule has 0 amide bonds. The molecule has 1 heteroatoms. The number of hydrogen-bond acceptors (Lipinski definition) is 1. The Balaban J connectivity index is 2.48. The standard InChI is InChI=1S/C14H12O/c15-14-11-7-3-5-9-12-8-4-1-2-6-10-13(12)14/h1-8,10-11H,9H2/b2-1-,4-1?,5-3-,6-2?,8-4?,10-6-,11-7-,12-8?,13-10?,13-12?. The van der Waals surface area contributed by atoms with E-state index in [1.54, 1.807) is 12.2 Å². The van der Waals surface area contributed by atoms with Crippen LogP contribution in [0.25, 0.3) is 0 Å². The molecule has 1 nitrogen and oxygen atoms in total. The van der Waals surface area contributed by atoms with E-state index in [9.17, 15) is 4.79 Å². The second-order valence-corrected chi connectivity index (χ2v) is 3.40. The Morgan fingerprint density at radius 3 is 2.40 bits per heavy atom. The first-order valence-electron chi connectivity index (χ1n) is 5.00. The van der Waals surface area contributed by atoms with E-state index in [1.807, 2.05) is 42.5 Å². The molecule has 0 heterocycles. The van der Waals surface area contributed by atoms with Gasteiger partial charge in [-0.05, 0) is 18.1 Å². The monoisotopic (exact) mass is 196 g/mol. The zero-order chi connectivity index (χ0) is 10.5. The van der Waals surface area contributed by atoms with Gasteiger partial charge in [0.05, 0.1) is 0 Å². The molecule has 0 bridgehead atoms. The highest BCUT2D eigenvalue weighted by Crippen LogP contribution is 2.18. The van der Waals surface area contributed by atoms with E-state index in [-0.39, 0.29) is 5.78 Å². The van der Waals surface area contributed by atoms with Crippen LogP contribution < -0.4 is 0 Å². The number of hydrogen-bond donors (Lipinski definition) is 0. The van der Waals surface area contributed by atoms with Crippen molar-refractivity contribution in [3.63, 3.8) is 0 Å². The molecule has 0 N–H and O–H groups in total. The summed E-state index contributed by atoms with van der Waals surface area (Å²) in [6.45, 7) is 0. The predicted octanol–water partition coefficient (Wildman–Crippen LogP) is 3.05. The predicted molar refractivity (Wildman–Crippen MR) is 62.4 cm³/mol. The molecule has 0 spiro atoms. The fourth-order valence-corrected chi connectivity index (χ4v) is 1.57. The lowest BCUT2D eigenvalue weighted by Gasteiger charge is -2.07. The Hall–Kier alpha value is -1.89. The molecule has 0 aromatic rings. The maximum atomic E-state index is 11.8. The van der Waals surface area contributed by atoms with Gasteiger partial charge in [0.25, 0.3) is 0 Å². The Bertz CT molecular complexity index is 440. The lowest BCUT2D eigenvalue weighted by atomic mass is 9.97. The molecular weight excluding hydrogens is 184 g/mol. The van der Waals surface area contributed by atoms with Crippen LogP contribution in [-0.4, -0.2) is 5.78 Å². The third-order valence-electron chi connectivity index (χ3n) is 2.34. The quantitative estimate of drug-likeness (QED) is 0.582. The van der Waals surface area contributed by atoms with E-state index in [4.69, 9.17) is 0 Å². The van der Waals surface area contributed by atoms with Gasteiger partial charge in [-0.3, -0.25) is 4.79 Å². The third-order valence-corrected chi connectivity index (χ3v) is 2.34. The summed E-state index contributed by atoms with van der Waals surface area (Å²) in [7, 11) is 0. The molecule has 0 saturated heterocycles. The highest BCUT2D eigenvalue weighted by atomic mass is 16.1. The summed E-state index contributed by atoms with van der Waals surface area (Å²) >= 11 is 0. The lowest BCUT2D eigenvalue weighted by molar-refractivity contribution is -0.111. The zero-order valence-electron chi connectivity index (χ0n) is 8.39. The number of carbonyl (C=O) groups excluding carboxylic acids is 1. The van der Waals surface area contributed by atoms with Gasteiger partial charge in [-0.15, -0.1) is 0 Å². The van der Waals surface area contributed by atoms with E-state index in [0.717, 1.165) is 17.6 Å². The first kappa shape index (κ1) is 9.66. The van der Waals surface area contributed by atoms with Crippen molar-refractivity contribution < 1.29 is 4.79 Å². The van der Waals surface area contributed by atoms with E-state index in [0.29, 0.717) is 0 Å². The molecule has 15 heavy (non-hydrogen) atoms. The molecule has 0 saturated carbocycles. The van der Waals surface area contributed by atoms with Gasteiger partial charge in [0.1, 0.15) is 0 Å². The molecule has 2 rings (SSSR count). The van der Waals surface area contributed by atoms with Crippen molar-refractivity contribution >= 4 is 5.78 Å². The highest BCUT2D eigenvalue weighted by molar-refractivity contribution is 6.07. The van der Waals surface area contributed by atoms with Crippen LogP contribution in [-0.2, 0) is 4.79 Å².